The smallest absolute Gasteiger partial charge is 0.273 e. The number of anilines is 2. The summed E-state index contributed by atoms with van der Waals surface area (Å²) in [5.74, 6) is 0.940. The van der Waals surface area contributed by atoms with Gasteiger partial charge in [0.25, 0.3) is 5.91 Å². The topological polar surface area (TPSA) is 65.5 Å². The molecule has 3 aromatic rings. The number of thiazole rings is 1. The molecule has 0 aliphatic carbocycles. The lowest BCUT2D eigenvalue weighted by Gasteiger charge is -2.36. The van der Waals surface area contributed by atoms with Gasteiger partial charge in [-0.3, -0.25) is 4.79 Å². The Morgan fingerprint density at radius 2 is 1.93 bits per heavy atom. The van der Waals surface area contributed by atoms with Crippen molar-refractivity contribution >= 4 is 39.7 Å². The number of carbonyl (C=O) groups is 1. The molecule has 4 rings (SSSR count). The van der Waals surface area contributed by atoms with Gasteiger partial charge in [0.2, 0.25) is 0 Å². The van der Waals surface area contributed by atoms with Gasteiger partial charge in [0.1, 0.15) is 17.8 Å². The number of piperazine rings is 1. The number of hydrogen-bond donors (Lipinski definition) is 0. The van der Waals surface area contributed by atoms with Gasteiger partial charge < -0.3 is 14.7 Å². The predicted octanol–water partition coefficient (Wildman–Crippen LogP) is 2.42. The number of carbonyl (C=O) groups excluding carboxylic acids is 1. The van der Waals surface area contributed by atoms with E-state index in [-0.39, 0.29) is 5.91 Å². The Kier molecular flexibility index (Phi) is 4.65. The van der Waals surface area contributed by atoms with Crippen molar-refractivity contribution in [2.75, 3.05) is 50.1 Å². The monoisotopic (exact) mass is 382 g/mol. The van der Waals surface area contributed by atoms with Crippen LogP contribution in [0.4, 0.5) is 11.5 Å². The van der Waals surface area contributed by atoms with Crippen molar-refractivity contribution in [3.63, 3.8) is 0 Å². The highest BCUT2D eigenvalue weighted by atomic mass is 32.1. The maximum Gasteiger partial charge on any atom is 0.273 e. The molecule has 0 radical (unpaired) electrons. The van der Waals surface area contributed by atoms with Gasteiger partial charge >= 0.3 is 0 Å². The molecule has 1 saturated heterocycles. The van der Waals surface area contributed by atoms with E-state index in [1.54, 1.807) is 6.33 Å². The Hall–Kier alpha value is -2.74. The third kappa shape index (κ3) is 3.44. The first-order chi connectivity index (χ1) is 13.0. The van der Waals surface area contributed by atoms with Crippen LogP contribution >= 0.6 is 11.3 Å². The second-order valence-electron chi connectivity index (χ2n) is 6.82. The van der Waals surface area contributed by atoms with Crippen LogP contribution in [0.25, 0.3) is 10.9 Å². The molecule has 0 N–H and O–H groups in total. The van der Waals surface area contributed by atoms with E-state index in [0.29, 0.717) is 18.8 Å². The second-order valence-corrected chi connectivity index (χ2v) is 7.89. The molecule has 0 atom stereocenters. The summed E-state index contributed by atoms with van der Waals surface area (Å²) in [7, 11) is 3.97. The average Bonchev–Trinajstić information content (AvgIpc) is 3.13. The second kappa shape index (κ2) is 7.11. The van der Waals surface area contributed by atoms with Crippen LogP contribution in [0, 0.1) is 6.92 Å². The minimum absolute atomic E-state index is 0.0285. The highest BCUT2D eigenvalue weighted by molar-refractivity contribution is 7.09. The lowest BCUT2D eigenvalue weighted by atomic mass is 10.1. The first kappa shape index (κ1) is 17.7. The molecule has 8 heteroatoms. The standard InChI is InChI=1S/C19H22N6OS/c1-13-22-17(11-27-13)19(26)25-8-6-24(7-9-25)14-4-5-16-15(10-14)18(23(2)3)21-12-20-16/h4-5,10-12H,6-9H2,1-3H3. The first-order valence-corrected chi connectivity index (χ1v) is 9.79. The molecule has 1 amide bonds. The highest BCUT2D eigenvalue weighted by Crippen LogP contribution is 2.27. The van der Waals surface area contributed by atoms with Crippen LogP contribution in [0.1, 0.15) is 15.5 Å². The van der Waals surface area contributed by atoms with Crippen LogP contribution in [-0.4, -0.2) is 66.0 Å². The third-order valence-corrected chi connectivity index (χ3v) is 5.57. The maximum atomic E-state index is 12.6. The van der Waals surface area contributed by atoms with E-state index in [2.05, 4.69) is 32.0 Å². The summed E-state index contributed by atoms with van der Waals surface area (Å²) in [5, 5.41) is 3.80. The molecule has 0 unspecified atom stereocenters. The van der Waals surface area contributed by atoms with Crippen LogP contribution < -0.4 is 9.80 Å². The quantitative estimate of drug-likeness (QED) is 0.693. The maximum absolute atomic E-state index is 12.6. The van der Waals surface area contributed by atoms with Gasteiger partial charge in [0.05, 0.1) is 10.5 Å². The van der Waals surface area contributed by atoms with Gasteiger partial charge in [-0.2, -0.15) is 0 Å². The summed E-state index contributed by atoms with van der Waals surface area (Å²) in [4.78, 5) is 31.9. The third-order valence-electron chi connectivity index (χ3n) is 4.79. The summed E-state index contributed by atoms with van der Waals surface area (Å²) >= 11 is 1.51. The van der Waals surface area contributed by atoms with E-state index in [1.807, 2.05) is 42.3 Å². The SMILES string of the molecule is Cc1nc(C(=O)N2CCN(c3ccc4ncnc(N(C)C)c4c3)CC2)cs1. The van der Waals surface area contributed by atoms with Crippen molar-refractivity contribution in [2.24, 2.45) is 0 Å². The van der Waals surface area contributed by atoms with Crippen molar-refractivity contribution in [3.8, 4) is 0 Å². The molecule has 1 aliphatic heterocycles. The van der Waals surface area contributed by atoms with Gasteiger partial charge in [-0.05, 0) is 25.1 Å². The van der Waals surface area contributed by atoms with Crippen molar-refractivity contribution in [1.29, 1.82) is 0 Å². The number of rotatable bonds is 3. The Labute approximate surface area is 162 Å². The fourth-order valence-electron chi connectivity index (χ4n) is 3.38. The van der Waals surface area contributed by atoms with Crippen LogP contribution in [0.15, 0.2) is 29.9 Å². The zero-order valence-corrected chi connectivity index (χ0v) is 16.5. The number of aryl methyl sites for hydroxylation is 1. The van der Waals surface area contributed by atoms with Crippen molar-refractivity contribution in [2.45, 2.75) is 6.92 Å². The average molecular weight is 382 g/mol. The van der Waals surface area contributed by atoms with Crippen LogP contribution in [0.2, 0.25) is 0 Å². The van der Waals surface area contributed by atoms with Gasteiger partial charge in [0.15, 0.2) is 0 Å². The molecule has 1 aliphatic rings. The fourth-order valence-corrected chi connectivity index (χ4v) is 3.96. The molecule has 7 nitrogen and oxygen atoms in total. The largest absolute Gasteiger partial charge is 0.368 e. The lowest BCUT2D eigenvalue weighted by molar-refractivity contribution is 0.0741. The van der Waals surface area contributed by atoms with Crippen molar-refractivity contribution < 1.29 is 4.79 Å². The van der Waals surface area contributed by atoms with Crippen LogP contribution in [0.3, 0.4) is 0 Å². The van der Waals surface area contributed by atoms with Gasteiger partial charge in [-0.1, -0.05) is 0 Å². The highest BCUT2D eigenvalue weighted by Gasteiger charge is 2.24. The van der Waals surface area contributed by atoms with Crippen LogP contribution in [0.5, 0.6) is 0 Å². The molecular formula is C19H22N6OS. The molecule has 2 aromatic heterocycles. The number of amides is 1. The minimum Gasteiger partial charge on any atom is -0.368 e. The molecule has 0 bridgehead atoms. The fraction of sp³-hybridized carbons (Fsp3) is 0.368. The van der Waals surface area contributed by atoms with Gasteiger partial charge in [0, 0.05) is 56.7 Å². The molecule has 3 heterocycles. The summed E-state index contributed by atoms with van der Waals surface area (Å²) in [5.41, 5.74) is 2.63. The Balaban J connectivity index is 1.51. The molecular weight excluding hydrogens is 360 g/mol. The molecule has 1 aromatic carbocycles. The van der Waals surface area contributed by atoms with Crippen LogP contribution in [-0.2, 0) is 0 Å². The summed E-state index contributed by atoms with van der Waals surface area (Å²) in [6.45, 7) is 4.90. The predicted molar refractivity (Wildman–Crippen MR) is 109 cm³/mol. The summed E-state index contributed by atoms with van der Waals surface area (Å²) in [6.07, 6.45) is 1.60. The minimum atomic E-state index is 0.0285. The van der Waals surface area contributed by atoms with E-state index in [4.69, 9.17) is 0 Å². The first-order valence-electron chi connectivity index (χ1n) is 8.91. The molecule has 1 fully saturated rings. The zero-order chi connectivity index (χ0) is 19.0. The van der Waals surface area contributed by atoms with E-state index < -0.39 is 0 Å². The summed E-state index contributed by atoms with van der Waals surface area (Å²) in [6, 6.07) is 6.27. The van der Waals surface area contributed by atoms with E-state index in [1.165, 1.54) is 11.3 Å². The number of fused-ring (bicyclic) bond motifs is 1. The lowest BCUT2D eigenvalue weighted by Crippen LogP contribution is -2.48. The normalized spacial score (nSPS) is 14.6. The van der Waals surface area contributed by atoms with Crippen molar-refractivity contribution in [1.82, 2.24) is 19.9 Å². The Morgan fingerprint density at radius 1 is 1.15 bits per heavy atom. The van der Waals surface area contributed by atoms with E-state index in [0.717, 1.165) is 40.5 Å². The molecule has 27 heavy (non-hydrogen) atoms. The molecule has 140 valence electrons. The van der Waals surface area contributed by atoms with Crippen molar-refractivity contribution in [3.05, 3.63) is 40.6 Å². The Morgan fingerprint density at radius 3 is 2.59 bits per heavy atom. The zero-order valence-electron chi connectivity index (χ0n) is 15.7. The number of benzene rings is 1. The Bertz CT molecular complexity index is 977. The van der Waals surface area contributed by atoms with E-state index >= 15 is 0 Å². The summed E-state index contributed by atoms with van der Waals surface area (Å²) < 4.78 is 0. The van der Waals surface area contributed by atoms with Gasteiger partial charge in [-0.15, -0.1) is 11.3 Å². The number of nitrogens with zero attached hydrogens (tertiary/aromatic N) is 6. The molecule has 0 spiro atoms. The number of hydrogen-bond acceptors (Lipinski definition) is 7. The number of aromatic nitrogens is 3. The molecule has 0 saturated carbocycles. The van der Waals surface area contributed by atoms with Gasteiger partial charge in [-0.25, -0.2) is 15.0 Å². The van der Waals surface area contributed by atoms with E-state index in [9.17, 15) is 4.79 Å².